The summed E-state index contributed by atoms with van der Waals surface area (Å²) in [5, 5.41) is 1.05. The highest BCUT2D eigenvalue weighted by atomic mass is 35.5. The Labute approximate surface area is 249 Å². The molecule has 0 radical (unpaired) electrons. The average Bonchev–Trinajstić information content (AvgIpc) is 2.96. The normalized spacial score (nSPS) is 20.3. The molecule has 41 heavy (non-hydrogen) atoms. The minimum Gasteiger partial charge on any atom is -0.464 e. The molecule has 4 rings (SSSR count). The van der Waals surface area contributed by atoms with Gasteiger partial charge in [-0.15, -0.1) is 0 Å². The molecule has 216 valence electrons. The van der Waals surface area contributed by atoms with Crippen LogP contribution in [0.15, 0.2) is 73.1 Å². The first kappa shape index (κ1) is 30.5. The number of carbonyl (C=O) groups excluding carboxylic acids is 3. The summed E-state index contributed by atoms with van der Waals surface area (Å²) in [6.07, 6.45) is 0.892. The molecule has 10 heteroatoms. The summed E-state index contributed by atoms with van der Waals surface area (Å²) in [7, 11) is 0. The van der Waals surface area contributed by atoms with Gasteiger partial charge in [-0.05, 0) is 66.4 Å². The maximum Gasteiger partial charge on any atom is 0.328 e. The zero-order valence-electron chi connectivity index (χ0n) is 23.0. The number of amides is 1. The maximum atomic E-state index is 14.6. The molecule has 0 saturated carbocycles. The number of aromatic nitrogens is 1. The number of hydrogen-bond acceptors (Lipinski definition) is 7. The van der Waals surface area contributed by atoms with Crippen molar-refractivity contribution in [2.45, 2.75) is 64.0 Å². The van der Waals surface area contributed by atoms with Gasteiger partial charge in [0.15, 0.2) is 12.2 Å². The summed E-state index contributed by atoms with van der Waals surface area (Å²) in [4.78, 5) is 45.9. The molecule has 0 bridgehead atoms. The molecular weight excluding hydrogens is 567 g/mol. The summed E-state index contributed by atoms with van der Waals surface area (Å²) in [5.74, 6) is -1.62. The van der Waals surface area contributed by atoms with E-state index in [1.807, 2.05) is 19.1 Å². The highest BCUT2D eigenvalue weighted by Gasteiger charge is 2.52. The molecule has 0 spiro atoms. The van der Waals surface area contributed by atoms with Crippen LogP contribution >= 0.6 is 23.2 Å². The lowest BCUT2D eigenvalue weighted by atomic mass is 9.88. The van der Waals surface area contributed by atoms with Crippen LogP contribution in [-0.2, 0) is 28.6 Å². The Morgan fingerprint density at radius 2 is 1.54 bits per heavy atom. The number of nitrogens with zero attached hydrogens (tertiary/aromatic N) is 2. The quantitative estimate of drug-likeness (QED) is 0.248. The van der Waals surface area contributed by atoms with Crippen LogP contribution in [0.1, 0.15) is 68.6 Å². The molecule has 8 nitrogen and oxygen atoms in total. The molecule has 5 atom stereocenters. The SMILES string of the molecule is CCC[C@@H](C(=O)OCC)N1C(=O)C(C(OC(C)=O)c2ccncc2)O[C@H](c2ccc(Cl)cc2)[C@@H]1c1ccc(Cl)cc1. The van der Waals surface area contributed by atoms with Crippen molar-refractivity contribution in [3.8, 4) is 0 Å². The number of rotatable bonds is 10. The molecule has 1 amide bonds. The summed E-state index contributed by atoms with van der Waals surface area (Å²) >= 11 is 12.4. The summed E-state index contributed by atoms with van der Waals surface area (Å²) in [6.45, 7) is 5.07. The lowest BCUT2D eigenvalue weighted by Gasteiger charge is -2.48. The zero-order chi connectivity index (χ0) is 29.5. The Morgan fingerprint density at radius 1 is 0.951 bits per heavy atom. The zero-order valence-corrected chi connectivity index (χ0v) is 24.5. The predicted molar refractivity (Wildman–Crippen MR) is 154 cm³/mol. The summed E-state index contributed by atoms with van der Waals surface area (Å²) in [6, 6.07) is 15.8. The maximum absolute atomic E-state index is 14.6. The lowest BCUT2D eigenvalue weighted by Crippen LogP contribution is -2.58. The Hall–Kier alpha value is -3.46. The highest BCUT2D eigenvalue weighted by Crippen LogP contribution is 2.46. The minimum absolute atomic E-state index is 0.153. The molecule has 1 saturated heterocycles. The average molecular weight is 600 g/mol. The fourth-order valence-corrected chi connectivity index (χ4v) is 5.35. The van der Waals surface area contributed by atoms with Gasteiger partial charge in [-0.25, -0.2) is 4.79 Å². The van der Waals surface area contributed by atoms with Gasteiger partial charge < -0.3 is 19.1 Å². The van der Waals surface area contributed by atoms with Gasteiger partial charge in [-0.1, -0.05) is 60.8 Å². The highest BCUT2D eigenvalue weighted by molar-refractivity contribution is 6.30. The predicted octanol–water partition coefficient (Wildman–Crippen LogP) is 6.43. The van der Waals surface area contributed by atoms with Crippen LogP contribution in [0.25, 0.3) is 0 Å². The summed E-state index contributed by atoms with van der Waals surface area (Å²) < 4.78 is 17.8. The van der Waals surface area contributed by atoms with E-state index in [-0.39, 0.29) is 6.61 Å². The standard InChI is InChI=1S/C31H32Cl2N2O6/c1-4-6-25(31(38)39-5-2)35-26(20-7-11-23(32)12-8-20)27(21-9-13-24(33)14-10-21)41-29(30(35)37)28(40-19(3)36)22-15-17-34-18-16-22/h7-18,25-29H,4-6H2,1-3H3/t25-,26-,27+,28?,29?/m0/s1. The van der Waals surface area contributed by atoms with Gasteiger partial charge in [0.05, 0.1) is 12.6 Å². The van der Waals surface area contributed by atoms with Crippen molar-refractivity contribution in [1.82, 2.24) is 9.88 Å². The van der Waals surface area contributed by atoms with Crippen molar-refractivity contribution in [2.75, 3.05) is 6.61 Å². The van der Waals surface area contributed by atoms with E-state index in [1.165, 1.54) is 11.8 Å². The molecule has 1 aromatic heterocycles. The number of pyridine rings is 1. The van der Waals surface area contributed by atoms with Crippen LogP contribution in [0.4, 0.5) is 0 Å². The number of esters is 2. The van der Waals surface area contributed by atoms with Gasteiger partial charge in [0.25, 0.3) is 5.91 Å². The number of halogens is 2. The van der Waals surface area contributed by atoms with Crippen LogP contribution in [0, 0.1) is 0 Å². The monoisotopic (exact) mass is 598 g/mol. The Bertz CT molecular complexity index is 1340. The van der Waals surface area contributed by atoms with E-state index in [0.29, 0.717) is 39.6 Å². The van der Waals surface area contributed by atoms with Gasteiger partial charge in [-0.2, -0.15) is 0 Å². The second-order valence-corrected chi connectivity index (χ2v) is 10.5. The molecule has 2 unspecified atom stereocenters. The van der Waals surface area contributed by atoms with Gasteiger partial charge in [0.2, 0.25) is 0 Å². The lowest BCUT2D eigenvalue weighted by molar-refractivity contribution is -0.203. The number of benzene rings is 2. The van der Waals surface area contributed by atoms with Gasteiger partial charge in [0, 0.05) is 29.4 Å². The summed E-state index contributed by atoms with van der Waals surface area (Å²) in [5.41, 5.74) is 1.95. The Morgan fingerprint density at radius 3 is 2.07 bits per heavy atom. The Balaban J connectivity index is 1.94. The molecule has 1 fully saturated rings. The number of ether oxygens (including phenoxy) is 3. The molecule has 1 aliphatic rings. The molecule has 1 aliphatic heterocycles. The van der Waals surface area contributed by atoms with Crippen LogP contribution in [0.2, 0.25) is 10.0 Å². The molecule has 0 aliphatic carbocycles. The van der Waals surface area contributed by atoms with Crippen LogP contribution in [-0.4, -0.2) is 46.5 Å². The van der Waals surface area contributed by atoms with E-state index < -0.39 is 48.2 Å². The third kappa shape index (κ3) is 7.07. The number of morpholine rings is 1. The van der Waals surface area contributed by atoms with E-state index in [1.54, 1.807) is 67.8 Å². The number of hydrogen-bond donors (Lipinski definition) is 0. The van der Waals surface area contributed by atoms with Crippen molar-refractivity contribution in [2.24, 2.45) is 0 Å². The van der Waals surface area contributed by atoms with Crippen LogP contribution in [0.3, 0.4) is 0 Å². The van der Waals surface area contributed by atoms with Gasteiger partial charge in [0.1, 0.15) is 12.1 Å². The third-order valence-corrected chi connectivity index (χ3v) is 7.35. The topological polar surface area (TPSA) is 95.0 Å². The minimum atomic E-state index is -1.28. The van der Waals surface area contributed by atoms with Crippen molar-refractivity contribution < 1.29 is 28.6 Å². The fraction of sp³-hybridized carbons (Fsp3) is 0.355. The molecule has 0 N–H and O–H groups in total. The molecule has 3 aromatic rings. The second-order valence-electron chi connectivity index (χ2n) is 9.64. The van der Waals surface area contributed by atoms with Gasteiger partial charge >= 0.3 is 11.9 Å². The third-order valence-electron chi connectivity index (χ3n) is 6.85. The van der Waals surface area contributed by atoms with Crippen LogP contribution in [0.5, 0.6) is 0 Å². The van der Waals surface area contributed by atoms with E-state index in [2.05, 4.69) is 4.98 Å². The van der Waals surface area contributed by atoms with Crippen molar-refractivity contribution >= 4 is 41.0 Å². The first-order chi connectivity index (χ1) is 19.7. The van der Waals surface area contributed by atoms with Crippen molar-refractivity contribution in [1.29, 1.82) is 0 Å². The number of carbonyl (C=O) groups is 3. The molecule has 2 heterocycles. The Kier molecular flexibility index (Phi) is 10.4. The van der Waals surface area contributed by atoms with E-state index in [0.717, 1.165) is 0 Å². The second kappa shape index (κ2) is 13.9. The smallest absolute Gasteiger partial charge is 0.328 e. The van der Waals surface area contributed by atoms with E-state index >= 15 is 0 Å². The first-order valence-electron chi connectivity index (χ1n) is 13.5. The molecular formula is C31H32Cl2N2O6. The van der Waals surface area contributed by atoms with E-state index in [4.69, 9.17) is 37.4 Å². The molecule has 2 aromatic carbocycles. The first-order valence-corrected chi connectivity index (χ1v) is 14.2. The van der Waals surface area contributed by atoms with Crippen molar-refractivity contribution in [3.05, 3.63) is 99.8 Å². The van der Waals surface area contributed by atoms with Gasteiger partial charge in [-0.3, -0.25) is 14.6 Å². The largest absolute Gasteiger partial charge is 0.464 e. The van der Waals surface area contributed by atoms with Crippen molar-refractivity contribution in [3.63, 3.8) is 0 Å². The van der Waals surface area contributed by atoms with E-state index in [9.17, 15) is 14.4 Å². The van der Waals surface area contributed by atoms with Crippen LogP contribution < -0.4 is 0 Å². The fourth-order valence-electron chi connectivity index (χ4n) is 5.10.